The zero-order valence-electron chi connectivity index (χ0n) is 11.7. The van der Waals surface area contributed by atoms with Gasteiger partial charge in [-0.05, 0) is 30.7 Å². The maximum atomic E-state index is 10.6. The molecule has 6 heteroatoms. The van der Waals surface area contributed by atoms with Gasteiger partial charge in [0.25, 0.3) is 5.22 Å². The van der Waals surface area contributed by atoms with Crippen LogP contribution in [0.1, 0.15) is 16.8 Å². The number of nitrogens with zero attached hydrogens (tertiary/aromatic N) is 1. The Labute approximate surface area is 126 Å². The van der Waals surface area contributed by atoms with Gasteiger partial charge in [0.05, 0.1) is 12.8 Å². The first-order valence-electron chi connectivity index (χ1n) is 6.21. The molecular weight excluding hydrogens is 290 g/mol. The first kappa shape index (κ1) is 15.2. The summed E-state index contributed by atoms with van der Waals surface area (Å²) in [6, 6.07) is 5.51. The highest BCUT2D eigenvalue weighted by Crippen LogP contribution is 2.28. The van der Waals surface area contributed by atoms with Crippen molar-refractivity contribution in [2.24, 2.45) is 0 Å². The van der Waals surface area contributed by atoms with E-state index in [1.54, 1.807) is 19.4 Å². The third-order valence-electron chi connectivity index (χ3n) is 2.67. The van der Waals surface area contributed by atoms with Crippen molar-refractivity contribution in [3.8, 4) is 5.75 Å². The number of hydrogen-bond acceptors (Lipinski definition) is 5. The topological polar surface area (TPSA) is 72.6 Å². The van der Waals surface area contributed by atoms with E-state index in [9.17, 15) is 4.79 Å². The van der Waals surface area contributed by atoms with Gasteiger partial charge >= 0.3 is 5.97 Å². The number of thioether (sulfide) groups is 1. The molecule has 21 heavy (non-hydrogen) atoms. The number of aryl methyl sites for hydroxylation is 1. The number of carboxylic acids is 1. The number of aromatic nitrogens is 1. The van der Waals surface area contributed by atoms with Gasteiger partial charge in [0.15, 0.2) is 0 Å². The highest BCUT2D eigenvalue weighted by atomic mass is 32.2. The minimum absolute atomic E-state index is 0.598. The molecule has 0 aliphatic rings. The van der Waals surface area contributed by atoms with Crippen molar-refractivity contribution in [1.29, 1.82) is 0 Å². The molecule has 2 aromatic rings. The Hall–Kier alpha value is -2.21. The van der Waals surface area contributed by atoms with Crippen LogP contribution in [0, 0.1) is 6.92 Å². The molecule has 0 radical (unpaired) electrons. The van der Waals surface area contributed by atoms with E-state index in [0.717, 1.165) is 28.6 Å². The Morgan fingerprint density at radius 1 is 1.52 bits per heavy atom. The van der Waals surface area contributed by atoms with E-state index in [0.29, 0.717) is 11.0 Å². The molecule has 0 spiro atoms. The van der Waals surface area contributed by atoms with E-state index in [2.05, 4.69) is 4.98 Å². The van der Waals surface area contributed by atoms with Crippen molar-refractivity contribution in [2.75, 3.05) is 7.11 Å². The number of rotatable bonds is 6. The summed E-state index contributed by atoms with van der Waals surface area (Å²) in [6.45, 7) is 1.87. The molecule has 1 aromatic carbocycles. The fraction of sp³-hybridized carbons (Fsp3) is 0.200. The van der Waals surface area contributed by atoms with Crippen molar-refractivity contribution in [2.45, 2.75) is 17.9 Å². The van der Waals surface area contributed by atoms with Gasteiger partial charge in [-0.15, -0.1) is 0 Å². The fourth-order valence-corrected chi connectivity index (χ4v) is 2.55. The van der Waals surface area contributed by atoms with Crippen molar-refractivity contribution in [3.63, 3.8) is 0 Å². The van der Waals surface area contributed by atoms with E-state index in [1.165, 1.54) is 11.8 Å². The number of ether oxygens (including phenoxy) is 1. The van der Waals surface area contributed by atoms with Crippen LogP contribution in [0.2, 0.25) is 0 Å². The molecule has 1 N–H and O–H groups in total. The van der Waals surface area contributed by atoms with Gasteiger partial charge < -0.3 is 14.3 Å². The van der Waals surface area contributed by atoms with Crippen LogP contribution in [0.4, 0.5) is 0 Å². The van der Waals surface area contributed by atoms with Gasteiger partial charge in [-0.25, -0.2) is 9.78 Å². The monoisotopic (exact) mass is 305 g/mol. The zero-order chi connectivity index (χ0) is 15.2. The average Bonchev–Trinajstić information content (AvgIpc) is 2.88. The first-order valence-corrected chi connectivity index (χ1v) is 7.20. The summed E-state index contributed by atoms with van der Waals surface area (Å²) in [5, 5.41) is 9.26. The molecule has 1 aromatic heterocycles. The number of oxazole rings is 1. The van der Waals surface area contributed by atoms with Crippen LogP contribution in [-0.4, -0.2) is 23.2 Å². The molecule has 0 amide bonds. The number of benzene rings is 1. The molecule has 110 valence electrons. The SMILES string of the molecule is COc1ccc(/C=C/C(=O)O)cc1CSc1nc(C)co1. The molecule has 5 nitrogen and oxygen atoms in total. The lowest BCUT2D eigenvalue weighted by molar-refractivity contribution is -0.131. The quantitative estimate of drug-likeness (QED) is 0.651. The van der Waals surface area contributed by atoms with Crippen LogP contribution in [0.15, 0.2) is 40.2 Å². The molecule has 0 saturated carbocycles. The van der Waals surface area contributed by atoms with Crippen LogP contribution in [-0.2, 0) is 10.5 Å². The highest BCUT2D eigenvalue weighted by Gasteiger charge is 2.07. The Morgan fingerprint density at radius 2 is 2.33 bits per heavy atom. The molecule has 0 aliphatic heterocycles. The maximum Gasteiger partial charge on any atom is 0.328 e. The van der Waals surface area contributed by atoms with Gasteiger partial charge in [0.1, 0.15) is 12.0 Å². The Balaban J connectivity index is 2.15. The molecule has 0 saturated heterocycles. The van der Waals surface area contributed by atoms with E-state index >= 15 is 0 Å². The largest absolute Gasteiger partial charge is 0.496 e. The van der Waals surface area contributed by atoms with E-state index < -0.39 is 5.97 Å². The number of aliphatic carboxylic acids is 1. The maximum absolute atomic E-state index is 10.6. The fourth-order valence-electron chi connectivity index (χ4n) is 1.72. The second kappa shape index (κ2) is 6.99. The molecule has 0 bridgehead atoms. The summed E-state index contributed by atoms with van der Waals surface area (Å²) in [5.74, 6) is 0.396. The smallest absolute Gasteiger partial charge is 0.328 e. The first-order chi connectivity index (χ1) is 10.1. The minimum Gasteiger partial charge on any atom is -0.496 e. The van der Waals surface area contributed by atoms with E-state index in [-0.39, 0.29) is 0 Å². The normalized spacial score (nSPS) is 11.0. The van der Waals surface area contributed by atoms with Gasteiger partial charge in [0, 0.05) is 17.4 Å². The molecule has 2 rings (SSSR count). The van der Waals surface area contributed by atoms with Gasteiger partial charge in [-0.1, -0.05) is 17.8 Å². The Morgan fingerprint density at radius 3 is 2.95 bits per heavy atom. The van der Waals surface area contributed by atoms with Crippen molar-refractivity contribution in [1.82, 2.24) is 4.98 Å². The second-order valence-corrected chi connectivity index (χ2v) is 5.21. The molecule has 0 fully saturated rings. The summed E-state index contributed by atoms with van der Waals surface area (Å²) < 4.78 is 10.6. The number of hydrogen-bond donors (Lipinski definition) is 1. The summed E-state index contributed by atoms with van der Waals surface area (Å²) in [4.78, 5) is 14.8. The van der Waals surface area contributed by atoms with Crippen LogP contribution >= 0.6 is 11.8 Å². The molecular formula is C15H15NO4S. The summed E-state index contributed by atoms with van der Waals surface area (Å²) in [6.07, 6.45) is 4.26. The highest BCUT2D eigenvalue weighted by molar-refractivity contribution is 7.98. The lowest BCUT2D eigenvalue weighted by Crippen LogP contribution is -1.92. The summed E-state index contributed by atoms with van der Waals surface area (Å²) >= 11 is 1.46. The lowest BCUT2D eigenvalue weighted by atomic mass is 10.1. The third kappa shape index (κ3) is 4.39. The summed E-state index contributed by atoms with van der Waals surface area (Å²) in [7, 11) is 1.60. The predicted octanol–water partition coefficient (Wildman–Crippen LogP) is 3.38. The molecule has 0 atom stereocenters. The standard InChI is InChI=1S/C15H15NO4S/c1-10-8-20-15(16-10)21-9-12-7-11(4-6-14(17)18)3-5-13(12)19-2/h3-8H,9H2,1-2H3,(H,17,18)/b6-4+. The number of carbonyl (C=O) groups is 1. The second-order valence-electron chi connectivity index (χ2n) is 4.29. The predicted molar refractivity (Wildman–Crippen MR) is 80.5 cm³/mol. The number of carboxylic acid groups (broad SMARTS) is 1. The van der Waals surface area contributed by atoms with E-state index in [1.807, 2.05) is 25.1 Å². The lowest BCUT2D eigenvalue weighted by Gasteiger charge is -2.08. The average molecular weight is 305 g/mol. The molecule has 1 heterocycles. The zero-order valence-corrected chi connectivity index (χ0v) is 12.5. The van der Waals surface area contributed by atoms with Gasteiger partial charge in [-0.2, -0.15) is 0 Å². The molecule has 0 unspecified atom stereocenters. The minimum atomic E-state index is -0.975. The van der Waals surface area contributed by atoms with Gasteiger partial charge in [0.2, 0.25) is 0 Å². The van der Waals surface area contributed by atoms with Crippen molar-refractivity contribution >= 4 is 23.8 Å². The Kier molecular flexibility index (Phi) is 5.05. The van der Waals surface area contributed by atoms with Crippen LogP contribution in [0.3, 0.4) is 0 Å². The Bertz CT molecular complexity index is 663. The summed E-state index contributed by atoms with van der Waals surface area (Å²) in [5.41, 5.74) is 2.59. The van der Waals surface area contributed by atoms with Crippen LogP contribution < -0.4 is 4.74 Å². The number of methoxy groups -OCH3 is 1. The molecule has 0 aliphatic carbocycles. The van der Waals surface area contributed by atoms with Crippen LogP contribution in [0.25, 0.3) is 6.08 Å². The van der Waals surface area contributed by atoms with Crippen molar-refractivity contribution in [3.05, 3.63) is 47.4 Å². The van der Waals surface area contributed by atoms with Crippen LogP contribution in [0.5, 0.6) is 5.75 Å². The van der Waals surface area contributed by atoms with E-state index in [4.69, 9.17) is 14.3 Å². The third-order valence-corrected chi connectivity index (χ3v) is 3.56. The van der Waals surface area contributed by atoms with Gasteiger partial charge in [-0.3, -0.25) is 0 Å². The van der Waals surface area contributed by atoms with Crippen molar-refractivity contribution < 1.29 is 19.1 Å².